The third-order valence-corrected chi connectivity index (χ3v) is 5.50. The van der Waals surface area contributed by atoms with Crippen LogP contribution in [0.1, 0.15) is 45.2 Å². The van der Waals surface area contributed by atoms with E-state index in [0.717, 1.165) is 18.1 Å². The summed E-state index contributed by atoms with van der Waals surface area (Å²) in [4.78, 5) is 45.8. The van der Waals surface area contributed by atoms with Gasteiger partial charge in [-0.15, -0.1) is 0 Å². The highest BCUT2D eigenvalue weighted by atomic mass is 16.4. The molecule has 198 valence electrons. The fourth-order valence-electron chi connectivity index (χ4n) is 3.67. The molecule has 8 nitrogen and oxygen atoms in total. The summed E-state index contributed by atoms with van der Waals surface area (Å²) >= 11 is 0. The molecule has 0 spiro atoms. The first-order valence-corrected chi connectivity index (χ1v) is 12.1. The predicted molar refractivity (Wildman–Crippen MR) is 150 cm³/mol. The number of nitrogens with one attached hydrogen (secondary N) is 2. The Morgan fingerprint density at radius 1 is 0.769 bits per heavy atom. The zero-order valence-electron chi connectivity index (χ0n) is 21.3. The topological polar surface area (TPSA) is 133 Å². The Balaban J connectivity index is 0.000000983. The van der Waals surface area contributed by atoms with E-state index < -0.39 is 11.9 Å². The molecule has 0 unspecified atom stereocenters. The van der Waals surface area contributed by atoms with Gasteiger partial charge in [0, 0.05) is 23.7 Å². The van der Waals surface area contributed by atoms with Crippen LogP contribution < -0.4 is 10.6 Å². The van der Waals surface area contributed by atoms with Crippen molar-refractivity contribution in [3.63, 3.8) is 0 Å². The van der Waals surface area contributed by atoms with Gasteiger partial charge in [-0.25, -0.2) is 4.79 Å². The number of amides is 2. The van der Waals surface area contributed by atoms with E-state index in [1.54, 1.807) is 54.6 Å². The van der Waals surface area contributed by atoms with Gasteiger partial charge in [-0.3, -0.25) is 14.4 Å². The first-order chi connectivity index (χ1) is 18.7. The fraction of sp³-hybridized carbons (Fsp3) is 0.0968. The van der Waals surface area contributed by atoms with Crippen molar-refractivity contribution in [2.24, 2.45) is 0 Å². The summed E-state index contributed by atoms with van der Waals surface area (Å²) < 4.78 is 0. The van der Waals surface area contributed by atoms with E-state index in [4.69, 9.17) is 9.90 Å². The number of carboxylic acids is 2. The smallest absolute Gasteiger partial charge is 0.337 e. The number of rotatable bonds is 7. The molecular weight excluding hydrogens is 496 g/mol. The van der Waals surface area contributed by atoms with Crippen LogP contribution in [0, 0.1) is 0 Å². The van der Waals surface area contributed by atoms with Gasteiger partial charge in [0.25, 0.3) is 17.8 Å². The summed E-state index contributed by atoms with van der Waals surface area (Å²) in [5.74, 6) is -2.47. The number of aliphatic carboxylic acids is 1. The largest absolute Gasteiger partial charge is 0.481 e. The number of carboxylic acid groups (broad SMARTS) is 2. The van der Waals surface area contributed by atoms with Crippen LogP contribution in [0.5, 0.6) is 0 Å². The highest BCUT2D eigenvalue weighted by molar-refractivity contribution is 6.07. The van der Waals surface area contributed by atoms with E-state index in [1.807, 2.05) is 48.6 Å². The molecule has 0 atom stereocenters. The van der Waals surface area contributed by atoms with Crippen molar-refractivity contribution < 1.29 is 29.4 Å². The highest BCUT2D eigenvalue weighted by Gasteiger charge is 2.15. The average Bonchev–Trinajstić information content (AvgIpc) is 3.21. The number of anilines is 2. The second kappa shape index (κ2) is 13.9. The van der Waals surface area contributed by atoms with E-state index in [0.29, 0.717) is 29.7 Å². The molecule has 3 aromatic carbocycles. The molecule has 2 amide bonds. The van der Waals surface area contributed by atoms with Gasteiger partial charge in [0.2, 0.25) is 0 Å². The van der Waals surface area contributed by atoms with Crippen molar-refractivity contribution in [3.05, 3.63) is 131 Å². The standard InChI is InChI=1S/C29H24N2O4.C2H4O2/c32-27(22-8-4-1-2-5-9-22)30-24-15-12-20(13-16-24)18-21-14-17-26(25(19-21)29(34)35)31-28(33)23-10-6-3-7-11-23;1-2(3)4/h1-8,10-17,19H,9,18H2,(H,30,32)(H,31,33)(H,34,35);1H3,(H,3,4). The van der Waals surface area contributed by atoms with Gasteiger partial charge in [0.1, 0.15) is 0 Å². The first kappa shape index (κ1) is 28.3. The maximum absolute atomic E-state index is 12.5. The molecule has 0 aliphatic heterocycles. The molecule has 3 aromatic rings. The van der Waals surface area contributed by atoms with Crippen LogP contribution in [0.25, 0.3) is 0 Å². The van der Waals surface area contributed by atoms with Crippen molar-refractivity contribution in [1.82, 2.24) is 0 Å². The Morgan fingerprint density at radius 2 is 1.44 bits per heavy atom. The van der Waals surface area contributed by atoms with Crippen molar-refractivity contribution in [2.45, 2.75) is 19.8 Å². The summed E-state index contributed by atoms with van der Waals surface area (Å²) in [6, 6.07) is 21.0. The van der Waals surface area contributed by atoms with Crippen LogP contribution in [-0.2, 0) is 16.0 Å². The van der Waals surface area contributed by atoms with E-state index in [-0.39, 0.29) is 23.1 Å². The zero-order chi connectivity index (χ0) is 28.2. The lowest BCUT2D eigenvalue weighted by Gasteiger charge is -2.11. The van der Waals surface area contributed by atoms with Crippen molar-refractivity contribution in [3.8, 4) is 0 Å². The number of allylic oxidation sites excluding steroid dienone is 5. The summed E-state index contributed by atoms with van der Waals surface area (Å²) in [6.07, 6.45) is 10.4. The number of carbonyl (C=O) groups is 4. The molecule has 8 heteroatoms. The van der Waals surface area contributed by atoms with Gasteiger partial charge < -0.3 is 20.8 Å². The van der Waals surface area contributed by atoms with E-state index in [9.17, 15) is 19.5 Å². The minimum Gasteiger partial charge on any atom is -0.481 e. The van der Waals surface area contributed by atoms with Gasteiger partial charge in [-0.2, -0.15) is 0 Å². The lowest BCUT2D eigenvalue weighted by Crippen LogP contribution is -2.15. The molecule has 0 bridgehead atoms. The quantitative estimate of drug-likeness (QED) is 0.313. The Bertz CT molecular complexity index is 1430. The first-order valence-electron chi connectivity index (χ1n) is 12.1. The summed E-state index contributed by atoms with van der Waals surface area (Å²) in [7, 11) is 0. The lowest BCUT2D eigenvalue weighted by atomic mass is 10.0. The molecule has 39 heavy (non-hydrogen) atoms. The van der Waals surface area contributed by atoms with E-state index >= 15 is 0 Å². The van der Waals surface area contributed by atoms with Crippen molar-refractivity contribution in [1.29, 1.82) is 0 Å². The second-order valence-electron chi connectivity index (χ2n) is 8.56. The van der Waals surface area contributed by atoms with Crippen LogP contribution in [-0.4, -0.2) is 34.0 Å². The summed E-state index contributed by atoms with van der Waals surface area (Å²) in [6.45, 7) is 1.08. The van der Waals surface area contributed by atoms with Crippen LogP contribution in [0.3, 0.4) is 0 Å². The van der Waals surface area contributed by atoms with Crippen LogP contribution >= 0.6 is 0 Å². The van der Waals surface area contributed by atoms with Crippen LogP contribution in [0.15, 0.2) is 109 Å². The molecule has 0 aromatic heterocycles. The number of aromatic carboxylic acids is 1. The number of hydrogen-bond donors (Lipinski definition) is 4. The predicted octanol–water partition coefficient (Wildman–Crippen LogP) is 5.70. The molecule has 4 rings (SSSR count). The normalized spacial score (nSPS) is 11.8. The van der Waals surface area contributed by atoms with Crippen LogP contribution in [0.2, 0.25) is 0 Å². The SMILES string of the molecule is CC(=O)O.O=C(Nc1ccc(Cc2ccc(NC(=O)c3ccccc3)c(C(=O)O)c2)cc1)C1=CC=CC=CC1. The van der Waals surface area contributed by atoms with Gasteiger partial charge in [-0.1, -0.05) is 66.8 Å². The minimum atomic E-state index is -1.12. The second-order valence-corrected chi connectivity index (χ2v) is 8.56. The molecule has 0 saturated carbocycles. The summed E-state index contributed by atoms with van der Waals surface area (Å²) in [5.41, 5.74) is 3.82. The molecule has 0 radical (unpaired) electrons. The lowest BCUT2D eigenvalue weighted by molar-refractivity contribution is -0.134. The van der Waals surface area contributed by atoms with E-state index in [1.165, 1.54) is 0 Å². The maximum atomic E-state index is 12.5. The molecule has 4 N–H and O–H groups in total. The summed E-state index contributed by atoms with van der Waals surface area (Å²) in [5, 5.41) is 22.7. The Hall–Kier alpha value is -5.24. The Labute approximate surface area is 226 Å². The van der Waals surface area contributed by atoms with E-state index in [2.05, 4.69) is 10.6 Å². The van der Waals surface area contributed by atoms with Crippen LogP contribution in [0.4, 0.5) is 11.4 Å². The molecule has 0 heterocycles. The Kier molecular flexibility index (Phi) is 10.1. The molecular formula is C31H28N2O6. The highest BCUT2D eigenvalue weighted by Crippen LogP contribution is 2.22. The molecule has 0 fully saturated rings. The Morgan fingerprint density at radius 3 is 2.10 bits per heavy atom. The fourth-order valence-corrected chi connectivity index (χ4v) is 3.67. The molecule has 0 saturated heterocycles. The maximum Gasteiger partial charge on any atom is 0.337 e. The van der Waals surface area contributed by atoms with Gasteiger partial charge in [-0.05, 0) is 60.4 Å². The zero-order valence-corrected chi connectivity index (χ0v) is 21.3. The van der Waals surface area contributed by atoms with Gasteiger partial charge in [0.05, 0.1) is 11.3 Å². The number of hydrogen-bond acceptors (Lipinski definition) is 4. The third-order valence-electron chi connectivity index (χ3n) is 5.50. The third kappa shape index (κ3) is 8.98. The van der Waals surface area contributed by atoms with Crippen molar-refractivity contribution >= 4 is 35.1 Å². The van der Waals surface area contributed by atoms with Crippen molar-refractivity contribution in [2.75, 3.05) is 10.6 Å². The van der Waals surface area contributed by atoms with Gasteiger partial charge in [0.15, 0.2) is 0 Å². The average molecular weight is 525 g/mol. The number of carbonyl (C=O) groups excluding carboxylic acids is 2. The van der Waals surface area contributed by atoms with Gasteiger partial charge >= 0.3 is 5.97 Å². The monoisotopic (exact) mass is 524 g/mol. The molecule has 1 aliphatic carbocycles. The minimum absolute atomic E-state index is 0.0236. The molecule has 1 aliphatic rings. The number of benzene rings is 3.